The van der Waals surface area contributed by atoms with Crippen LogP contribution < -0.4 is 4.74 Å². The van der Waals surface area contributed by atoms with Crippen molar-refractivity contribution in [3.05, 3.63) is 65.2 Å². The molecule has 3 atom stereocenters. The SMILES string of the molecule is CC1c2ccccc2OC2c3ccccc3CC12. The molecule has 1 nitrogen and oxygen atoms in total. The highest BCUT2D eigenvalue weighted by Gasteiger charge is 2.41. The molecule has 0 bridgehead atoms. The molecule has 90 valence electrons. The van der Waals surface area contributed by atoms with Crippen molar-refractivity contribution < 1.29 is 4.74 Å². The van der Waals surface area contributed by atoms with E-state index in [-0.39, 0.29) is 6.10 Å². The fourth-order valence-electron chi connectivity index (χ4n) is 3.51. The zero-order valence-corrected chi connectivity index (χ0v) is 10.5. The minimum Gasteiger partial charge on any atom is -0.485 e. The standard InChI is InChI=1S/C17H16O/c1-11-13-7-4-5-9-16(13)18-17-14-8-3-2-6-12(14)10-15(11)17/h2-9,11,15,17H,10H2,1H3. The summed E-state index contributed by atoms with van der Waals surface area (Å²) in [5.41, 5.74) is 4.22. The van der Waals surface area contributed by atoms with Gasteiger partial charge in [-0.1, -0.05) is 49.4 Å². The highest BCUT2D eigenvalue weighted by atomic mass is 16.5. The minimum absolute atomic E-state index is 0.256. The molecule has 0 N–H and O–H groups in total. The van der Waals surface area contributed by atoms with Crippen LogP contribution in [0.4, 0.5) is 0 Å². The van der Waals surface area contributed by atoms with Crippen LogP contribution in [0.15, 0.2) is 48.5 Å². The Morgan fingerprint density at radius 3 is 2.56 bits per heavy atom. The summed E-state index contributed by atoms with van der Waals surface area (Å²) in [6, 6.07) is 17.2. The second-order valence-corrected chi connectivity index (χ2v) is 5.43. The fraction of sp³-hybridized carbons (Fsp3) is 0.294. The quantitative estimate of drug-likeness (QED) is 0.669. The van der Waals surface area contributed by atoms with E-state index in [0.717, 1.165) is 12.2 Å². The Balaban J connectivity index is 1.84. The fourth-order valence-corrected chi connectivity index (χ4v) is 3.51. The number of para-hydroxylation sites is 1. The molecule has 0 amide bonds. The first kappa shape index (κ1) is 10.2. The molecule has 3 unspecified atom stereocenters. The van der Waals surface area contributed by atoms with Gasteiger partial charge in [0.2, 0.25) is 0 Å². The van der Waals surface area contributed by atoms with Gasteiger partial charge in [0, 0.05) is 5.92 Å². The van der Waals surface area contributed by atoms with Gasteiger partial charge in [0.1, 0.15) is 11.9 Å². The third-order valence-corrected chi connectivity index (χ3v) is 4.51. The summed E-state index contributed by atoms with van der Waals surface area (Å²) in [7, 11) is 0. The second-order valence-electron chi connectivity index (χ2n) is 5.43. The van der Waals surface area contributed by atoms with Gasteiger partial charge in [0.05, 0.1) is 0 Å². The normalized spacial score (nSPS) is 27.9. The maximum absolute atomic E-state index is 6.25. The van der Waals surface area contributed by atoms with Crippen LogP contribution in [0, 0.1) is 5.92 Å². The Kier molecular flexibility index (Phi) is 2.05. The van der Waals surface area contributed by atoms with Gasteiger partial charge in [-0.05, 0) is 35.1 Å². The third kappa shape index (κ3) is 1.28. The van der Waals surface area contributed by atoms with Gasteiger partial charge in [0.25, 0.3) is 0 Å². The molecule has 1 aliphatic heterocycles. The lowest BCUT2D eigenvalue weighted by Crippen LogP contribution is -2.25. The van der Waals surface area contributed by atoms with Crippen LogP contribution in [-0.2, 0) is 6.42 Å². The number of ether oxygens (including phenoxy) is 1. The number of hydrogen-bond acceptors (Lipinski definition) is 1. The molecule has 1 heterocycles. The summed E-state index contributed by atoms with van der Waals surface area (Å²) in [6.45, 7) is 2.34. The molecule has 0 saturated heterocycles. The van der Waals surface area contributed by atoms with E-state index in [1.807, 2.05) is 0 Å². The molecular formula is C17H16O. The molecule has 2 aromatic rings. The molecule has 0 radical (unpaired) electrons. The van der Waals surface area contributed by atoms with E-state index < -0.39 is 0 Å². The summed E-state index contributed by atoms with van der Waals surface area (Å²) in [4.78, 5) is 0. The summed E-state index contributed by atoms with van der Waals surface area (Å²) >= 11 is 0. The minimum atomic E-state index is 0.256. The van der Waals surface area contributed by atoms with Crippen LogP contribution in [0.5, 0.6) is 5.75 Å². The van der Waals surface area contributed by atoms with Crippen LogP contribution >= 0.6 is 0 Å². The molecule has 2 aromatic carbocycles. The largest absolute Gasteiger partial charge is 0.485 e. The smallest absolute Gasteiger partial charge is 0.128 e. The van der Waals surface area contributed by atoms with Gasteiger partial charge in [-0.2, -0.15) is 0 Å². The van der Waals surface area contributed by atoms with Crippen molar-refractivity contribution in [3.8, 4) is 5.75 Å². The van der Waals surface area contributed by atoms with Crippen molar-refractivity contribution in [1.29, 1.82) is 0 Å². The average Bonchev–Trinajstić information content (AvgIpc) is 2.79. The summed E-state index contributed by atoms with van der Waals surface area (Å²) in [6.07, 6.45) is 1.40. The van der Waals surface area contributed by atoms with E-state index in [4.69, 9.17) is 4.74 Å². The predicted molar refractivity (Wildman–Crippen MR) is 71.9 cm³/mol. The van der Waals surface area contributed by atoms with Crippen LogP contribution in [0.2, 0.25) is 0 Å². The molecule has 1 aliphatic carbocycles. The van der Waals surface area contributed by atoms with Crippen molar-refractivity contribution in [2.24, 2.45) is 5.92 Å². The first-order chi connectivity index (χ1) is 8.84. The van der Waals surface area contributed by atoms with Crippen molar-refractivity contribution in [2.45, 2.75) is 25.4 Å². The van der Waals surface area contributed by atoms with Gasteiger partial charge in [-0.3, -0.25) is 0 Å². The van der Waals surface area contributed by atoms with Gasteiger partial charge in [0.15, 0.2) is 0 Å². The maximum Gasteiger partial charge on any atom is 0.128 e. The van der Waals surface area contributed by atoms with Gasteiger partial charge in [-0.25, -0.2) is 0 Å². The summed E-state index contributed by atoms with van der Waals surface area (Å²) in [5.74, 6) is 2.24. The van der Waals surface area contributed by atoms with E-state index in [1.54, 1.807) is 0 Å². The van der Waals surface area contributed by atoms with Crippen molar-refractivity contribution in [1.82, 2.24) is 0 Å². The van der Waals surface area contributed by atoms with E-state index >= 15 is 0 Å². The molecular weight excluding hydrogens is 220 g/mol. The first-order valence-corrected chi connectivity index (χ1v) is 6.68. The van der Waals surface area contributed by atoms with Crippen LogP contribution in [0.25, 0.3) is 0 Å². The molecule has 0 fully saturated rings. The van der Waals surface area contributed by atoms with Crippen molar-refractivity contribution in [2.75, 3.05) is 0 Å². The molecule has 1 heteroatoms. The molecule has 18 heavy (non-hydrogen) atoms. The monoisotopic (exact) mass is 236 g/mol. The topological polar surface area (TPSA) is 9.23 Å². The zero-order chi connectivity index (χ0) is 12.1. The Bertz CT molecular complexity index is 602. The van der Waals surface area contributed by atoms with Crippen LogP contribution in [-0.4, -0.2) is 0 Å². The second kappa shape index (κ2) is 3.61. The Morgan fingerprint density at radius 1 is 0.944 bits per heavy atom. The summed E-state index contributed by atoms with van der Waals surface area (Å²) < 4.78 is 6.25. The Morgan fingerprint density at radius 2 is 1.67 bits per heavy atom. The number of fused-ring (bicyclic) bond motifs is 4. The number of rotatable bonds is 0. The third-order valence-electron chi connectivity index (χ3n) is 4.51. The lowest BCUT2D eigenvalue weighted by molar-refractivity contribution is 0.111. The van der Waals surface area contributed by atoms with Crippen LogP contribution in [0.1, 0.15) is 35.6 Å². The number of hydrogen-bond donors (Lipinski definition) is 0. The summed E-state index contributed by atoms with van der Waals surface area (Å²) in [5, 5.41) is 0. The Labute approximate surface area is 107 Å². The lowest BCUT2D eigenvalue weighted by atomic mass is 9.81. The van der Waals surface area contributed by atoms with Gasteiger partial charge in [-0.15, -0.1) is 0 Å². The highest BCUT2D eigenvalue weighted by molar-refractivity contribution is 5.44. The highest BCUT2D eigenvalue weighted by Crippen LogP contribution is 2.51. The van der Waals surface area contributed by atoms with E-state index in [1.165, 1.54) is 16.7 Å². The molecule has 0 spiro atoms. The molecule has 0 aromatic heterocycles. The van der Waals surface area contributed by atoms with E-state index in [0.29, 0.717) is 11.8 Å². The van der Waals surface area contributed by atoms with Gasteiger partial charge < -0.3 is 4.74 Å². The lowest BCUT2D eigenvalue weighted by Gasteiger charge is -2.34. The maximum atomic E-state index is 6.25. The molecule has 4 rings (SSSR count). The van der Waals surface area contributed by atoms with Gasteiger partial charge >= 0.3 is 0 Å². The van der Waals surface area contributed by atoms with Crippen LogP contribution in [0.3, 0.4) is 0 Å². The zero-order valence-electron chi connectivity index (χ0n) is 10.5. The molecule has 0 saturated carbocycles. The van der Waals surface area contributed by atoms with E-state index in [9.17, 15) is 0 Å². The Hall–Kier alpha value is -1.76. The van der Waals surface area contributed by atoms with Crippen molar-refractivity contribution in [3.63, 3.8) is 0 Å². The predicted octanol–water partition coefficient (Wildman–Crippen LogP) is 4.10. The number of benzene rings is 2. The average molecular weight is 236 g/mol. The first-order valence-electron chi connectivity index (χ1n) is 6.68. The molecule has 2 aliphatic rings. The van der Waals surface area contributed by atoms with E-state index in [2.05, 4.69) is 55.5 Å². The van der Waals surface area contributed by atoms with Crippen molar-refractivity contribution >= 4 is 0 Å².